The van der Waals surface area contributed by atoms with Crippen molar-refractivity contribution in [3.63, 3.8) is 0 Å². The van der Waals surface area contributed by atoms with Gasteiger partial charge >= 0.3 is 0 Å². The molecule has 2 heterocycles. The largest absolute Gasteiger partial charge is 0.459 e. The van der Waals surface area contributed by atoms with Crippen molar-refractivity contribution < 1.29 is 13.9 Å². The lowest BCUT2D eigenvalue weighted by molar-refractivity contribution is -0.133. The molecule has 0 bridgehead atoms. The van der Waals surface area contributed by atoms with Gasteiger partial charge in [0, 0.05) is 30.2 Å². The monoisotopic (exact) mass is 336 g/mol. The Hall–Kier alpha value is -1.56. The second-order valence-electron chi connectivity index (χ2n) is 6.19. The number of ether oxygens (including phenoxy) is 1. The minimum atomic E-state index is -0.540. The summed E-state index contributed by atoms with van der Waals surface area (Å²) >= 11 is 6.00. The van der Waals surface area contributed by atoms with Crippen LogP contribution in [0.15, 0.2) is 28.7 Å². The predicted molar refractivity (Wildman–Crippen MR) is 89.3 cm³/mol. The number of nitrogens with one attached hydrogen (secondary N) is 1. The summed E-state index contributed by atoms with van der Waals surface area (Å²) in [6.07, 6.45) is 1.30. The highest BCUT2D eigenvalue weighted by Gasteiger charge is 2.38. The Balaban J connectivity index is 1.72. The molecule has 0 aliphatic carbocycles. The van der Waals surface area contributed by atoms with Gasteiger partial charge in [-0.2, -0.15) is 0 Å². The van der Waals surface area contributed by atoms with Crippen molar-refractivity contribution in [2.75, 3.05) is 19.8 Å². The van der Waals surface area contributed by atoms with Crippen LogP contribution in [-0.4, -0.2) is 25.7 Å². The molecule has 0 radical (unpaired) electrons. The molecule has 1 aromatic carbocycles. The number of hydrogen-bond acceptors (Lipinski definition) is 4. The molecule has 2 aromatic rings. The molecule has 1 saturated heterocycles. The lowest BCUT2D eigenvalue weighted by Gasteiger charge is -2.35. The molecule has 1 aromatic heterocycles. The number of halogens is 1. The molecule has 1 fully saturated rings. The number of carbonyl (C=O) groups is 1. The van der Waals surface area contributed by atoms with E-state index in [0.29, 0.717) is 37.6 Å². The number of nitrogens with two attached hydrogens (primary N) is 1. The fraction of sp³-hybridized carbons (Fsp3) is 0.471. The number of furan rings is 1. The van der Waals surface area contributed by atoms with Crippen LogP contribution in [0.25, 0.3) is 11.0 Å². The number of rotatable bonds is 5. The van der Waals surface area contributed by atoms with Crippen LogP contribution >= 0.6 is 11.6 Å². The molecule has 5 nitrogen and oxygen atoms in total. The molecule has 23 heavy (non-hydrogen) atoms. The SMILES string of the molecule is CC(NCC1(C(N)=O)CCOCC1)c1cc2cc(Cl)ccc2o1. The zero-order valence-electron chi connectivity index (χ0n) is 13.1. The first-order valence-electron chi connectivity index (χ1n) is 7.80. The van der Waals surface area contributed by atoms with E-state index in [1.165, 1.54) is 0 Å². The van der Waals surface area contributed by atoms with Crippen LogP contribution in [0.2, 0.25) is 5.02 Å². The second-order valence-corrected chi connectivity index (χ2v) is 6.63. The molecule has 0 saturated carbocycles. The first kappa shape index (κ1) is 16.3. The first-order chi connectivity index (χ1) is 11.0. The summed E-state index contributed by atoms with van der Waals surface area (Å²) in [7, 11) is 0. The zero-order valence-corrected chi connectivity index (χ0v) is 13.9. The van der Waals surface area contributed by atoms with E-state index in [0.717, 1.165) is 16.7 Å². The standard InChI is InChI=1S/C17H21ClN2O3/c1-11(15-9-12-8-13(18)2-3-14(12)23-15)20-10-17(16(19)21)4-6-22-7-5-17/h2-3,8-9,11,20H,4-7,10H2,1H3,(H2,19,21). The van der Waals surface area contributed by atoms with Crippen LogP contribution < -0.4 is 11.1 Å². The van der Waals surface area contributed by atoms with E-state index in [2.05, 4.69) is 5.32 Å². The first-order valence-corrected chi connectivity index (χ1v) is 8.18. The van der Waals surface area contributed by atoms with Gasteiger partial charge in [-0.25, -0.2) is 0 Å². The number of amides is 1. The third-order valence-electron chi connectivity index (χ3n) is 4.64. The molecular formula is C17H21ClN2O3. The third-order valence-corrected chi connectivity index (χ3v) is 4.88. The number of primary amides is 1. The van der Waals surface area contributed by atoms with Crippen molar-refractivity contribution in [2.45, 2.75) is 25.8 Å². The summed E-state index contributed by atoms with van der Waals surface area (Å²) in [5.74, 6) is 0.547. The Morgan fingerprint density at radius 2 is 2.13 bits per heavy atom. The maximum absolute atomic E-state index is 11.9. The lowest BCUT2D eigenvalue weighted by atomic mass is 9.79. The summed E-state index contributed by atoms with van der Waals surface area (Å²) < 4.78 is 11.2. The van der Waals surface area contributed by atoms with E-state index in [1.807, 2.05) is 25.1 Å². The van der Waals surface area contributed by atoms with E-state index in [9.17, 15) is 4.79 Å². The molecule has 1 atom stereocenters. The van der Waals surface area contributed by atoms with Crippen molar-refractivity contribution in [2.24, 2.45) is 11.1 Å². The van der Waals surface area contributed by atoms with Crippen molar-refractivity contribution >= 4 is 28.5 Å². The Morgan fingerprint density at radius 3 is 2.83 bits per heavy atom. The summed E-state index contributed by atoms with van der Waals surface area (Å²) in [5.41, 5.74) is 5.89. The molecule has 0 spiro atoms. The Labute approximate surface area is 140 Å². The van der Waals surface area contributed by atoms with Crippen LogP contribution in [-0.2, 0) is 9.53 Å². The summed E-state index contributed by atoms with van der Waals surface area (Å²) in [5, 5.41) is 5.03. The van der Waals surface area contributed by atoms with Crippen LogP contribution in [0.3, 0.4) is 0 Å². The fourth-order valence-corrected chi connectivity index (χ4v) is 3.15. The molecule has 1 amide bonds. The quantitative estimate of drug-likeness (QED) is 0.879. The molecule has 1 aliphatic heterocycles. The average molecular weight is 337 g/mol. The van der Waals surface area contributed by atoms with Gasteiger partial charge in [0.05, 0.1) is 11.5 Å². The Kier molecular flexibility index (Phi) is 4.62. The summed E-state index contributed by atoms with van der Waals surface area (Å²) in [4.78, 5) is 11.9. The number of benzene rings is 1. The maximum atomic E-state index is 11.9. The minimum absolute atomic E-state index is 0.0276. The van der Waals surface area contributed by atoms with Gasteiger partial charge in [-0.3, -0.25) is 4.79 Å². The van der Waals surface area contributed by atoms with Gasteiger partial charge in [0.25, 0.3) is 0 Å². The van der Waals surface area contributed by atoms with E-state index < -0.39 is 5.41 Å². The van der Waals surface area contributed by atoms with Gasteiger partial charge < -0.3 is 20.2 Å². The van der Waals surface area contributed by atoms with E-state index in [1.54, 1.807) is 6.07 Å². The van der Waals surface area contributed by atoms with Gasteiger partial charge in [-0.05, 0) is 44.0 Å². The molecule has 3 N–H and O–H groups in total. The van der Waals surface area contributed by atoms with E-state index >= 15 is 0 Å². The van der Waals surface area contributed by atoms with Crippen molar-refractivity contribution in [1.29, 1.82) is 0 Å². The number of hydrogen-bond donors (Lipinski definition) is 2. The highest BCUT2D eigenvalue weighted by atomic mass is 35.5. The number of fused-ring (bicyclic) bond motifs is 1. The van der Waals surface area contributed by atoms with Crippen molar-refractivity contribution in [3.8, 4) is 0 Å². The zero-order chi connectivity index (χ0) is 16.4. The highest BCUT2D eigenvalue weighted by molar-refractivity contribution is 6.31. The third kappa shape index (κ3) is 3.37. The smallest absolute Gasteiger partial charge is 0.225 e. The Morgan fingerprint density at radius 1 is 1.39 bits per heavy atom. The number of carbonyl (C=O) groups excluding carboxylic acids is 1. The lowest BCUT2D eigenvalue weighted by Crippen LogP contribution is -2.48. The molecule has 3 rings (SSSR count). The minimum Gasteiger partial charge on any atom is -0.459 e. The molecule has 6 heteroatoms. The Bertz CT molecular complexity index is 707. The van der Waals surface area contributed by atoms with Crippen molar-refractivity contribution in [3.05, 3.63) is 35.0 Å². The topological polar surface area (TPSA) is 77.5 Å². The molecule has 124 valence electrons. The van der Waals surface area contributed by atoms with Crippen LogP contribution in [0.4, 0.5) is 0 Å². The molecule has 1 aliphatic rings. The van der Waals surface area contributed by atoms with Gasteiger partial charge in [-0.1, -0.05) is 11.6 Å². The fourth-order valence-electron chi connectivity index (χ4n) is 2.97. The summed E-state index contributed by atoms with van der Waals surface area (Å²) in [6, 6.07) is 7.48. The van der Waals surface area contributed by atoms with Gasteiger partial charge in [0.1, 0.15) is 11.3 Å². The second kappa shape index (κ2) is 6.51. The highest BCUT2D eigenvalue weighted by Crippen LogP contribution is 2.31. The van der Waals surface area contributed by atoms with Crippen molar-refractivity contribution in [1.82, 2.24) is 5.32 Å². The van der Waals surface area contributed by atoms with Gasteiger partial charge in [-0.15, -0.1) is 0 Å². The van der Waals surface area contributed by atoms with Gasteiger partial charge in [0.15, 0.2) is 0 Å². The average Bonchev–Trinajstić information content (AvgIpc) is 2.96. The van der Waals surface area contributed by atoms with E-state index in [-0.39, 0.29) is 11.9 Å². The maximum Gasteiger partial charge on any atom is 0.225 e. The predicted octanol–water partition coefficient (Wildman–Crippen LogP) is 3.02. The van der Waals surface area contributed by atoms with E-state index in [4.69, 9.17) is 26.5 Å². The van der Waals surface area contributed by atoms with Crippen LogP contribution in [0, 0.1) is 5.41 Å². The normalized spacial score (nSPS) is 18.9. The van der Waals surface area contributed by atoms with Crippen LogP contribution in [0.5, 0.6) is 0 Å². The molecule has 1 unspecified atom stereocenters. The van der Waals surface area contributed by atoms with Crippen LogP contribution in [0.1, 0.15) is 31.6 Å². The molecular weight excluding hydrogens is 316 g/mol. The summed E-state index contributed by atoms with van der Waals surface area (Å²) in [6.45, 7) is 3.67. The van der Waals surface area contributed by atoms with Gasteiger partial charge in [0.2, 0.25) is 5.91 Å².